The Morgan fingerprint density at radius 2 is 2.00 bits per heavy atom. The molecule has 2 N–H and O–H groups in total. The van der Waals surface area contributed by atoms with Crippen LogP contribution in [0.1, 0.15) is 16.8 Å². The maximum absolute atomic E-state index is 13.3. The highest BCUT2D eigenvalue weighted by atomic mass is 19.1. The Labute approximate surface area is 122 Å². The third-order valence-corrected chi connectivity index (χ3v) is 2.91. The average molecular weight is 298 g/mol. The molecule has 0 atom stereocenters. The van der Waals surface area contributed by atoms with E-state index in [1.807, 2.05) is 0 Å². The van der Waals surface area contributed by atoms with E-state index in [1.54, 1.807) is 0 Å². The van der Waals surface area contributed by atoms with Gasteiger partial charge < -0.3 is 20.1 Å². The Balaban J connectivity index is 2.87. The van der Waals surface area contributed by atoms with Gasteiger partial charge in [0.25, 0.3) is 5.91 Å². The Hall–Kier alpha value is -2.15. The van der Waals surface area contributed by atoms with Gasteiger partial charge in [-0.15, -0.1) is 0 Å². The van der Waals surface area contributed by atoms with Gasteiger partial charge in [-0.05, 0) is 18.2 Å². The molecule has 0 spiro atoms. The molecule has 6 nitrogen and oxygen atoms in total. The molecular weight excluding hydrogens is 279 g/mol. The fraction of sp³-hybridized carbons (Fsp3) is 0.429. The highest BCUT2D eigenvalue weighted by molar-refractivity contribution is 5.99. The van der Waals surface area contributed by atoms with E-state index >= 15 is 0 Å². The maximum atomic E-state index is 13.3. The molecule has 0 radical (unpaired) electrons. The van der Waals surface area contributed by atoms with Crippen LogP contribution in [0.15, 0.2) is 18.2 Å². The molecule has 21 heavy (non-hydrogen) atoms. The van der Waals surface area contributed by atoms with Gasteiger partial charge in [-0.2, -0.15) is 0 Å². The molecule has 0 fully saturated rings. The van der Waals surface area contributed by atoms with Crippen molar-refractivity contribution in [3.63, 3.8) is 0 Å². The number of nitrogens with two attached hydrogens (primary N) is 1. The molecule has 7 heteroatoms. The van der Waals surface area contributed by atoms with Crippen LogP contribution in [0.3, 0.4) is 0 Å². The molecule has 0 aromatic heterocycles. The van der Waals surface area contributed by atoms with E-state index in [0.29, 0.717) is 6.61 Å². The normalized spacial score (nSPS) is 10.2. The number of carbonyl (C=O) groups excluding carboxylic acids is 2. The number of esters is 1. The topological polar surface area (TPSA) is 81.9 Å². The van der Waals surface area contributed by atoms with Crippen molar-refractivity contribution in [2.75, 3.05) is 39.6 Å². The first-order valence-corrected chi connectivity index (χ1v) is 6.39. The lowest BCUT2D eigenvalue weighted by molar-refractivity contribution is -0.140. The van der Waals surface area contributed by atoms with E-state index in [-0.39, 0.29) is 30.8 Å². The molecule has 0 heterocycles. The maximum Gasteiger partial charge on any atom is 0.307 e. The summed E-state index contributed by atoms with van der Waals surface area (Å²) >= 11 is 0. The van der Waals surface area contributed by atoms with E-state index in [2.05, 4.69) is 4.74 Å². The summed E-state index contributed by atoms with van der Waals surface area (Å²) < 4.78 is 22.7. The van der Waals surface area contributed by atoms with E-state index in [0.717, 1.165) is 6.07 Å². The molecule has 116 valence electrons. The SMILES string of the molecule is COCCN(CCC(=O)OC)C(=O)c1cc(F)ccc1N. The molecule has 0 saturated heterocycles. The standard InChI is InChI=1S/C14H19FN2O4/c1-20-8-7-17(6-5-13(18)21-2)14(19)11-9-10(15)3-4-12(11)16/h3-4,9H,5-8,16H2,1-2H3. The van der Waals surface area contributed by atoms with E-state index in [9.17, 15) is 14.0 Å². The summed E-state index contributed by atoms with van der Waals surface area (Å²) in [5, 5.41) is 0. The number of anilines is 1. The number of methoxy groups -OCH3 is 2. The Kier molecular flexibility index (Phi) is 6.61. The molecular formula is C14H19FN2O4. The Morgan fingerprint density at radius 3 is 2.62 bits per heavy atom. The van der Waals surface area contributed by atoms with Crippen molar-refractivity contribution in [2.45, 2.75) is 6.42 Å². The summed E-state index contributed by atoms with van der Waals surface area (Å²) in [5.74, 6) is -1.43. The van der Waals surface area contributed by atoms with Crippen LogP contribution >= 0.6 is 0 Å². The number of nitrogen functional groups attached to an aromatic ring is 1. The van der Waals surface area contributed by atoms with Crippen molar-refractivity contribution in [3.05, 3.63) is 29.6 Å². The van der Waals surface area contributed by atoms with E-state index in [1.165, 1.54) is 31.3 Å². The van der Waals surface area contributed by atoms with Crippen LogP contribution in [0.2, 0.25) is 0 Å². The van der Waals surface area contributed by atoms with Crippen molar-refractivity contribution in [1.29, 1.82) is 0 Å². The largest absolute Gasteiger partial charge is 0.469 e. The number of ether oxygens (including phenoxy) is 2. The second-order valence-corrected chi connectivity index (χ2v) is 4.34. The zero-order valence-electron chi connectivity index (χ0n) is 12.1. The lowest BCUT2D eigenvalue weighted by Gasteiger charge is -2.22. The van der Waals surface area contributed by atoms with Gasteiger partial charge in [0, 0.05) is 25.9 Å². The van der Waals surface area contributed by atoms with Gasteiger partial charge in [-0.3, -0.25) is 9.59 Å². The Bertz CT molecular complexity index is 508. The third kappa shape index (κ3) is 5.03. The highest BCUT2D eigenvalue weighted by Crippen LogP contribution is 2.16. The fourth-order valence-corrected chi connectivity index (χ4v) is 1.73. The van der Waals surface area contributed by atoms with Crippen molar-refractivity contribution in [1.82, 2.24) is 4.90 Å². The molecule has 0 aliphatic heterocycles. The summed E-state index contributed by atoms with van der Waals surface area (Å²) in [7, 11) is 2.77. The molecule has 0 bridgehead atoms. The first kappa shape index (κ1) is 16.9. The minimum absolute atomic E-state index is 0.0428. The average Bonchev–Trinajstić information content (AvgIpc) is 2.48. The molecule has 0 saturated carbocycles. The van der Waals surface area contributed by atoms with Crippen LogP contribution in [0.25, 0.3) is 0 Å². The van der Waals surface area contributed by atoms with Crippen LogP contribution in [-0.2, 0) is 14.3 Å². The molecule has 1 amide bonds. The molecule has 0 aliphatic rings. The smallest absolute Gasteiger partial charge is 0.307 e. The van der Waals surface area contributed by atoms with Crippen molar-refractivity contribution in [2.24, 2.45) is 0 Å². The lowest BCUT2D eigenvalue weighted by Crippen LogP contribution is -2.36. The van der Waals surface area contributed by atoms with Crippen LogP contribution < -0.4 is 5.73 Å². The van der Waals surface area contributed by atoms with Gasteiger partial charge in [-0.25, -0.2) is 4.39 Å². The van der Waals surface area contributed by atoms with Crippen molar-refractivity contribution in [3.8, 4) is 0 Å². The van der Waals surface area contributed by atoms with Crippen LogP contribution in [0, 0.1) is 5.82 Å². The summed E-state index contributed by atoms with van der Waals surface area (Å²) in [6.45, 7) is 0.704. The van der Waals surface area contributed by atoms with Gasteiger partial charge in [0.2, 0.25) is 0 Å². The van der Waals surface area contributed by atoms with Crippen LogP contribution in [-0.4, -0.2) is 50.7 Å². The zero-order chi connectivity index (χ0) is 15.8. The monoisotopic (exact) mass is 298 g/mol. The predicted octanol–water partition coefficient (Wildman–Crippen LogP) is 1.06. The quantitative estimate of drug-likeness (QED) is 0.601. The summed E-state index contributed by atoms with van der Waals surface area (Å²) in [4.78, 5) is 25.0. The molecule has 0 unspecified atom stereocenters. The van der Waals surface area contributed by atoms with E-state index < -0.39 is 17.7 Å². The fourth-order valence-electron chi connectivity index (χ4n) is 1.73. The highest BCUT2D eigenvalue weighted by Gasteiger charge is 2.19. The first-order chi connectivity index (χ1) is 9.99. The second kappa shape index (κ2) is 8.21. The molecule has 1 aromatic carbocycles. The number of nitrogens with zero attached hydrogens (tertiary/aromatic N) is 1. The van der Waals surface area contributed by atoms with Gasteiger partial charge in [0.15, 0.2) is 0 Å². The van der Waals surface area contributed by atoms with E-state index in [4.69, 9.17) is 10.5 Å². The molecule has 1 aromatic rings. The number of hydrogen-bond acceptors (Lipinski definition) is 5. The second-order valence-electron chi connectivity index (χ2n) is 4.34. The molecule has 0 aliphatic carbocycles. The zero-order valence-corrected chi connectivity index (χ0v) is 12.1. The van der Waals surface area contributed by atoms with Gasteiger partial charge in [-0.1, -0.05) is 0 Å². The van der Waals surface area contributed by atoms with Gasteiger partial charge >= 0.3 is 5.97 Å². The minimum Gasteiger partial charge on any atom is -0.469 e. The lowest BCUT2D eigenvalue weighted by atomic mass is 10.1. The number of hydrogen-bond donors (Lipinski definition) is 1. The van der Waals surface area contributed by atoms with Gasteiger partial charge in [0.1, 0.15) is 5.82 Å². The number of amides is 1. The minimum atomic E-state index is -0.549. The van der Waals surface area contributed by atoms with Gasteiger partial charge in [0.05, 0.1) is 25.7 Å². The number of rotatable bonds is 7. The third-order valence-electron chi connectivity index (χ3n) is 2.91. The number of benzene rings is 1. The summed E-state index contributed by atoms with van der Waals surface area (Å²) in [6, 6.07) is 3.59. The molecule has 1 rings (SSSR count). The summed E-state index contributed by atoms with van der Waals surface area (Å²) in [6.07, 6.45) is 0.0428. The predicted molar refractivity (Wildman–Crippen MR) is 75.2 cm³/mol. The number of carbonyl (C=O) groups is 2. The van der Waals surface area contributed by atoms with Crippen LogP contribution in [0.4, 0.5) is 10.1 Å². The summed E-state index contributed by atoms with van der Waals surface area (Å²) in [5.41, 5.74) is 5.95. The Morgan fingerprint density at radius 1 is 1.29 bits per heavy atom. The van der Waals surface area contributed by atoms with Crippen LogP contribution in [0.5, 0.6) is 0 Å². The first-order valence-electron chi connectivity index (χ1n) is 6.39. The number of halogens is 1. The van der Waals surface area contributed by atoms with Crippen molar-refractivity contribution >= 4 is 17.6 Å². The van der Waals surface area contributed by atoms with Crippen molar-refractivity contribution < 1.29 is 23.5 Å².